The minimum absolute atomic E-state index is 0.0235. The monoisotopic (exact) mass is 411 g/mol. The fraction of sp³-hybridized carbons (Fsp3) is 0.0435. The quantitative estimate of drug-likeness (QED) is 0.520. The van der Waals surface area contributed by atoms with Crippen LogP contribution in [0.5, 0.6) is 0 Å². The van der Waals surface area contributed by atoms with Gasteiger partial charge in [-0.2, -0.15) is 13.2 Å². The number of carbonyl (C=O) groups excluding carboxylic acids is 1. The lowest BCUT2D eigenvalue weighted by atomic mass is 10.1. The van der Waals surface area contributed by atoms with Crippen LogP contribution in [0.1, 0.15) is 37.4 Å². The molecule has 0 radical (unpaired) electrons. The number of alkyl halides is 3. The average Bonchev–Trinajstić information content (AvgIpc) is 2.72. The van der Waals surface area contributed by atoms with Gasteiger partial charge in [0, 0.05) is 5.56 Å². The van der Waals surface area contributed by atoms with Crippen molar-refractivity contribution in [2.45, 2.75) is 6.18 Å². The first-order chi connectivity index (χ1) is 14.2. The molecule has 0 bridgehead atoms. The minimum Gasteiger partial charge on any atom is -0.478 e. The van der Waals surface area contributed by atoms with Crippen LogP contribution in [0.25, 0.3) is 12.2 Å². The smallest absolute Gasteiger partial charge is 0.416 e. The number of hydrogen-bond donors (Lipinski definition) is 2. The van der Waals surface area contributed by atoms with E-state index in [2.05, 4.69) is 5.32 Å². The minimum atomic E-state index is -4.51. The van der Waals surface area contributed by atoms with Gasteiger partial charge in [0.05, 0.1) is 16.8 Å². The van der Waals surface area contributed by atoms with E-state index in [1.54, 1.807) is 12.1 Å². The second-order valence-corrected chi connectivity index (χ2v) is 6.38. The van der Waals surface area contributed by atoms with Crippen LogP contribution >= 0.6 is 0 Å². The standard InChI is InChI=1S/C23H16F3NO3/c24-23(25,26)18-11-9-17(10-12-18)21(28)27-20-14-16(8-13-19(20)22(29)30)7-6-15-4-2-1-3-5-15/h1-14H,(H,27,28)(H,29,30). The summed E-state index contributed by atoms with van der Waals surface area (Å²) in [6, 6.07) is 17.6. The molecule has 0 saturated heterocycles. The first-order valence-corrected chi connectivity index (χ1v) is 8.83. The number of carboxylic acids is 1. The molecular weight excluding hydrogens is 395 g/mol. The van der Waals surface area contributed by atoms with E-state index >= 15 is 0 Å². The van der Waals surface area contributed by atoms with Crippen LogP contribution in [-0.2, 0) is 6.18 Å². The number of amides is 1. The van der Waals surface area contributed by atoms with Gasteiger partial charge in [-0.25, -0.2) is 4.79 Å². The second-order valence-electron chi connectivity index (χ2n) is 6.38. The zero-order valence-corrected chi connectivity index (χ0v) is 15.5. The Labute approximate surface area is 170 Å². The van der Waals surface area contributed by atoms with Gasteiger partial charge in [-0.05, 0) is 47.5 Å². The molecular formula is C23H16F3NO3. The van der Waals surface area contributed by atoms with E-state index in [1.807, 2.05) is 36.4 Å². The molecule has 152 valence electrons. The Morgan fingerprint density at radius 2 is 1.47 bits per heavy atom. The van der Waals surface area contributed by atoms with Crippen molar-refractivity contribution in [2.24, 2.45) is 0 Å². The Morgan fingerprint density at radius 3 is 2.07 bits per heavy atom. The van der Waals surface area contributed by atoms with E-state index in [-0.39, 0.29) is 16.8 Å². The first-order valence-electron chi connectivity index (χ1n) is 8.83. The number of aromatic carboxylic acids is 1. The maximum absolute atomic E-state index is 12.7. The van der Waals surface area contributed by atoms with Gasteiger partial charge in [-0.15, -0.1) is 0 Å². The number of rotatable bonds is 5. The van der Waals surface area contributed by atoms with Gasteiger partial charge in [0.25, 0.3) is 5.91 Å². The summed E-state index contributed by atoms with van der Waals surface area (Å²) in [5.74, 6) is -1.95. The third kappa shape index (κ3) is 5.14. The number of carbonyl (C=O) groups is 2. The number of benzene rings is 3. The SMILES string of the molecule is O=C(Nc1cc(C=Cc2ccccc2)ccc1C(=O)O)c1ccc(C(F)(F)F)cc1. The number of carboxylic acid groups (broad SMARTS) is 1. The van der Waals surface area contributed by atoms with E-state index in [1.165, 1.54) is 12.1 Å². The van der Waals surface area contributed by atoms with Gasteiger partial charge in [0.15, 0.2) is 0 Å². The molecule has 0 spiro atoms. The van der Waals surface area contributed by atoms with Gasteiger partial charge in [-0.3, -0.25) is 4.79 Å². The average molecular weight is 411 g/mol. The zero-order chi connectivity index (χ0) is 21.7. The van der Waals surface area contributed by atoms with Crippen LogP contribution in [0.3, 0.4) is 0 Å². The number of nitrogens with one attached hydrogen (secondary N) is 1. The Balaban J connectivity index is 1.85. The fourth-order valence-corrected chi connectivity index (χ4v) is 2.72. The molecule has 0 saturated carbocycles. The molecule has 7 heteroatoms. The van der Waals surface area contributed by atoms with Crippen LogP contribution in [0.2, 0.25) is 0 Å². The lowest BCUT2D eigenvalue weighted by molar-refractivity contribution is -0.137. The largest absolute Gasteiger partial charge is 0.478 e. The second kappa shape index (κ2) is 8.65. The lowest BCUT2D eigenvalue weighted by Crippen LogP contribution is -2.15. The van der Waals surface area contributed by atoms with Crippen LogP contribution in [0.4, 0.5) is 18.9 Å². The summed E-state index contributed by atoms with van der Waals surface area (Å²) in [4.78, 5) is 23.9. The maximum Gasteiger partial charge on any atom is 0.416 e. The van der Waals surface area contributed by atoms with Gasteiger partial charge >= 0.3 is 12.1 Å². The van der Waals surface area contributed by atoms with E-state index in [4.69, 9.17) is 0 Å². The summed E-state index contributed by atoms with van der Waals surface area (Å²) in [6.45, 7) is 0. The molecule has 1 amide bonds. The van der Waals surface area contributed by atoms with E-state index in [0.29, 0.717) is 5.56 Å². The molecule has 2 N–H and O–H groups in total. The summed E-state index contributed by atoms with van der Waals surface area (Å²) in [5, 5.41) is 11.8. The molecule has 0 aliphatic carbocycles. The summed E-state index contributed by atoms with van der Waals surface area (Å²) >= 11 is 0. The maximum atomic E-state index is 12.7. The van der Waals surface area contributed by atoms with Crippen LogP contribution < -0.4 is 5.32 Å². The van der Waals surface area contributed by atoms with Crippen molar-refractivity contribution in [1.82, 2.24) is 0 Å². The fourth-order valence-electron chi connectivity index (χ4n) is 2.72. The number of hydrogen-bond acceptors (Lipinski definition) is 2. The molecule has 0 aromatic heterocycles. The highest BCUT2D eigenvalue weighted by molar-refractivity contribution is 6.08. The third-order valence-corrected chi connectivity index (χ3v) is 4.26. The highest BCUT2D eigenvalue weighted by Crippen LogP contribution is 2.29. The zero-order valence-electron chi connectivity index (χ0n) is 15.5. The highest BCUT2D eigenvalue weighted by atomic mass is 19.4. The van der Waals surface area contributed by atoms with Crippen molar-refractivity contribution >= 4 is 29.7 Å². The molecule has 30 heavy (non-hydrogen) atoms. The van der Waals surface area contributed by atoms with Crippen molar-refractivity contribution in [2.75, 3.05) is 5.32 Å². The normalized spacial score (nSPS) is 11.4. The van der Waals surface area contributed by atoms with Gasteiger partial charge in [0.2, 0.25) is 0 Å². The van der Waals surface area contributed by atoms with Crippen LogP contribution in [0.15, 0.2) is 72.8 Å². The van der Waals surface area contributed by atoms with Crippen molar-refractivity contribution < 1.29 is 27.9 Å². The van der Waals surface area contributed by atoms with Crippen molar-refractivity contribution in [3.63, 3.8) is 0 Å². The summed E-state index contributed by atoms with van der Waals surface area (Å²) in [6.07, 6.45) is -0.920. The highest BCUT2D eigenvalue weighted by Gasteiger charge is 2.30. The van der Waals surface area contributed by atoms with Gasteiger partial charge in [-0.1, -0.05) is 48.6 Å². The van der Waals surface area contributed by atoms with E-state index in [9.17, 15) is 27.9 Å². The van der Waals surface area contributed by atoms with E-state index in [0.717, 1.165) is 29.8 Å². The molecule has 3 aromatic rings. The third-order valence-electron chi connectivity index (χ3n) is 4.26. The molecule has 3 aromatic carbocycles. The molecule has 0 heterocycles. The lowest BCUT2D eigenvalue weighted by Gasteiger charge is -2.11. The number of halogens is 3. The van der Waals surface area contributed by atoms with Crippen molar-refractivity contribution in [3.8, 4) is 0 Å². The molecule has 3 rings (SSSR count). The Bertz CT molecular complexity index is 1090. The molecule has 4 nitrogen and oxygen atoms in total. The Kier molecular flexibility index (Phi) is 6.01. The topological polar surface area (TPSA) is 66.4 Å². The van der Waals surface area contributed by atoms with E-state index < -0.39 is 23.6 Å². The van der Waals surface area contributed by atoms with Crippen molar-refractivity contribution in [1.29, 1.82) is 0 Å². The van der Waals surface area contributed by atoms with Crippen molar-refractivity contribution in [3.05, 3.63) is 101 Å². The molecule has 0 fully saturated rings. The van der Waals surface area contributed by atoms with Gasteiger partial charge in [0.1, 0.15) is 0 Å². The summed E-state index contributed by atoms with van der Waals surface area (Å²) < 4.78 is 38.0. The Hall–Kier alpha value is -3.87. The summed E-state index contributed by atoms with van der Waals surface area (Å²) in [5.41, 5.74) is 0.597. The number of anilines is 1. The molecule has 0 atom stereocenters. The predicted molar refractivity (Wildman–Crippen MR) is 108 cm³/mol. The molecule has 0 aliphatic heterocycles. The van der Waals surface area contributed by atoms with Crippen LogP contribution in [0, 0.1) is 0 Å². The molecule has 0 unspecified atom stereocenters. The predicted octanol–water partition coefficient (Wildman–Crippen LogP) is 5.83. The first kappa shape index (κ1) is 20.9. The van der Waals surface area contributed by atoms with Gasteiger partial charge < -0.3 is 10.4 Å². The summed E-state index contributed by atoms with van der Waals surface area (Å²) in [7, 11) is 0. The molecule has 0 aliphatic rings. The van der Waals surface area contributed by atoms with Crippen LogP contribution in [-0.4, -0.2) is 17.0 Å². The Morgan fingerprint density at radius 1 is 0.833 bits per heavy atom.